The number of carboxylic acids is 1. The molecular weight excluding hydrogens is 498 g/mol. The summed E-state index contributed by atoms with van der Waals surface area (Å²) in [5, 5.41) is 17.8. The normalized spacial score (nSPS) is 10.8. The number of unbranched alkanes of at least 4 members (excludes halogenated alkanes) is 1. The molecule has 202 valence electrons. The molecule has 0 saturated carbocycles. The van der Waals surface area contributed by atoms with Crippen LogP contribution >= 0.6 is 0 Å². The Balaban J connectivity index is 1.87. The topological polar surface area (TPSA) is 173 Å². The summed E-state index contributed by atoms with van der Waals surface area (Å²) < 4.78 is 16.9. The number of rotatable bonds is 13. The summed E-state index contributed by atoms with van der Waals surface area (Å²) in [7, 11) is 0. The van der Waals surface area contributed by atoms with Crippen LogP contribution in [0.15, 0.2) is 34.7 Å². The van der Waals surface area contributed by atoms with E-state index in [4.69, 9.17) is 19.0 Å². The monoisotopic (exact) mass is 527 g/mol. The van der Waals surface area contributed by atoms with Gasteiger partial charge >= 0.3 is 18.2 Å². The molecule has 0 fully saturated rings. The van der Waals surface area contributed by atoms with Gasteiger partial charge < -0.3 is 34.9 Å². The van der Waals surface area contributed by atoms with Gasteiger partial charge in [0.05, 0.1) is 11.9 Å². The Bertz CT molecular complexity index is 1270. The Labute approximate surface area is 217 Å². The first-order valence-electron chi connectivity index (χ1n) is 12.0. The zero-order valence-corrected chi connectivity index (χ0v) is 21.0. The van der Waals surface area contributed by atoms with E-state index in [1.807, 2.05) is 0 Å². The van der Waals surface area contributed by atoms with E-state index in [-0.39, 0.29) is 65.9 Å². The zero-order chi connectivity index (χ0) is 27.7. The van der Waals surface area contributed by atoms with Gasteiger partial charge in [0.1, 0.15) is 5.78 Å². The molecule has 0 bridgehead atoms. The summed E-state index contributed by atoms with van der Waals surface area (Å²) in [6, 6.07) is 8.14. The summed E-state index contributed by atoms with van der Waals surface area (Å²) in [5.74, 6) is -1.20. The van der Waals surface area contributed by atoms with Crippen molar-refractivity contribution in [3.8, 4) is 11.5 Å². The molecule has 1 heterocycles. The molecule has 12 heteroatoms. The highest BCUT2D eigenvalue weighted by Crippen LogP contribution is 2.44. The number of ketones is 2. The second-order valence-corrected chi connectivity index (χ2v) is 8.48. The minimum absolute atomic E-state index is 0.00777. The first kappa shape index (κ1) is 28.1. The van der Waals surface area contributed by atoms with Gasteiger partial charge in [-0.25, -0.2) is 9.59 Å². The average Bonchev–Trinajstić information content (AvgIpc) is 3.31. The van der Waals surface area contributed by atoms with Crippen molar-refractivity contribution in [2.24, 2.45) is 0 Å². The fraction of sp³-hybridized carbons (Fsp3) is 0.346. The Morgan fingerprint density at radius 2 is 1.47 bits per heavy atom. The minimum atomic E-state index is -0.916. The van der Waals surface area contributed by atoms with Gasteiger partial charge in [-0.2, -0.15) is 0 Å². The lowest BCUT2D eigenvalue weighted by atomic mass is 10.1. The fourth-order valence-electron chi connectivity index (χ4n) is 3.63. The molecule has 3 rings (SSSR count). The predicted octanol–water partition coefficient (Wildman–Crippen LogP) is 3.40. The number of nitrogens with one attached hydrogen (secondary N) is 3. The van der Waals surface area contributed by atoms with E-state index in [1.165, 1.54) is 19.9 Å². The van der Waals surface area contributed by atoms with Crippen LogP contribution in [-0.2, 0) is 9.59 Å². The number of benzene rings is 2. The Hall–Kier alpha value is -4.45. The Morgan fingerprint density at radius 1 is 0.842 bits per heavy atom. The van der Waals surface area contributed by atoms with Crippen LogP contribution in [-0.4, -0.2) is 61.0 Å². The molecule has 38 heavy (non-hydrogen) atoms. The first-order valence-corrected chi connectivity index (χ1v) is 12.0. The smallest absolute Gasteiger partial charge is 0.412 e. The van der Waals surface area contributed by atoms with Gasteiger partial charge in [-0.3, -0.25) is 14.4 Å². The molecule has 4 N–H and O–H groups in total. The number of carbonyl (C=O) groups is 5. The van der Waals surface area contributed by atoms with Gasteiger partial charge in [0, 0.05) is 43.8 Å². The highest BCUT2D eigenvalue weighted by atomic mass is 16.6. The number of aliphatic carboxylic acids is 1. The second kappa shape index (κ2) is 13.2. The van der Waals surface area contributed by atoms with Crippen molar-refractivity contribution in [3.63, 3.8) is 0 Å². The lowest BCUT2D eigenvalue weighted by molar-refractivity contribution is -0.137. The average molecular weight is 528 g/mol. The molecule has 0 atom stereocenters. The van der Waals surface area contributed by atoms with E-state index in [0.717, 1.165) is 0 Å². The summed E-state index contributed by atoms with van der Waals surface area (Å²) >= 11 is 0. The molecule has 2 amide bonds. The van der Waals surface area contributed by atoms with Crippen molar-refractivity contribution >= 4 is 51.5 Å². The van der Waals surface area contributed by atoms with Crippen LogP contribution in [0, 0.1) is 0 Å². The Kier molecular flexibility index (Phi) is 9.77. The van der Waals surface area contributed by atoms with Crippen LogP contribution in [0.4, 0.5) is 9.59 Å². The highest BCUT2D eigenvalue weighted by molar-refractivity contribution is 6.12. The molecule has 3 aromatic rings. The van der Waals surface area contributed by atoms with E-state index in [9.17, 15) is 24.0 Å². The van der Waals surface area contributed by atoms with Crippen molar-refractivity contribution in [2.45, 2.75) is 33.1 Å². The molecule has 0 saturated heterocycles. The van der Waals surface area contributed by atoms with Crippen LogP contribution in [0.25, 0.3) is 21.7 Å². The van der Waals surface area contributed by atoms with E-state index >= 15 is 0 Å². The second-order valence-electron chi connectivity index (χ2n) is 8.48. The van der Waals surface area contributed by atoms with Crippen LogP contribution in [0.3, 0.4) is 0 Å². The van der Waals surface area contributed by atoms with Gasteiger partial charge in [0.15, 0.2) is 28.6 Å². The third kappa shape index (κ3) is 7.53. The first-order chi connectivity index (χ1) is 18.2. The number of carbonyl (C=O) groups excluding carboxylic acids is 4. The number of fused-ring (bicyclic) bond motifs is 2. The molecule has 12 nitrogen and oxygen atoms in total. The summed E-state index contributed by atoms with van der Waals surface area (Å²) in [5.41, 5.74) is 0.0425. The SMILES string of the molecule is CC(=O)CNCCNC(=O)Oc1c2ccccc2c(OC(=O)NCCCCC(=O)O)c2oc(C(C)=O)cc12. The molecule has 0 aliphatic rings. The maximum atomic E-state index is 12.6. The fourth-order valence-corrected chi connectivity index (χ4v) is 3.63. The summed E-state index contributed by atoms with van der Waals surface area (Å²) in [6.07, 6.45) is -0.731. The van der Waals surface area contributed by atoms with Crippen molar-refractivity contribution in [1.29, 1.82) is 0 Å². The third-order valence-electron chi connectivity index (χ3n) is 5.37. The van der Waals surface area contributed by atoms with Gasteiger partial charge in [-0.15, -0.1) is 0 Å². The predicted molar refractivity (Wildman–Crippen MR) is 137 cm³/mol. The van der Waals surface area contributed by atoms with E-state index in [2.05, 4.69) is 16.0 Å². The third-order valence-corrected chi connectivity index (χ3v) is 5.37. The number of amides is 2. The molecule has 2 aromatic carbocycles. The number of furan rings is 1. The van der Waals surface area contributed by atoms with E-state index < -0.39 is 18.2 Å². The van der Waals surface area contributed by atoms with Gasteiger partial charge in [0.2, 0.25) is 0 Å². The lowest BCUT2D eigenvalue weighted by Crippen LogP contribution is -2.35. The molecule has 0 unspecified atom stereocenters. The van der Waals surface area contributed by atoms with Crippen molar-refractivity contribution < 1.29 is 43.0 Å². The standard InChI is InChI=1S/C26H29N3O9/c1-15(30)14-27-11-12-29-26(35)37-22-17-7-3-4-8-18(17)23(24-19(22)13-20(36-24)16(2)31)38-25(34)28-10-6-5-9-21(32)33/h3-4,7-8,13,27H,5-6,9-12,14H2,1-2H3,(H,28,34)(H,29,35)(H,32,33). The van der Waals surface area contributed by atoms with Gasteiger partial charge in [-0.05, 0) is 25.8 Å². The maximum absolute atomic E-state index is 12.6. The number of ether oxygens (including phenoxy) is 2. The van der Waals surface area contributed by atoms with Crippen molar-refractivity contribution in [2.75, 3.05) is 26.2 Å². The maximum Gasteiger partial charge on any atom is 0.412 e. The molecule has 0 aliphatic heterocycles. The van der Waals surface area contributed by atoms with E-state index in [0.29, 0.717) is 30.2 Å². The van der Waals surface area contributed by atoms with Crippen LogP contribution < -0.4 is 25.4 Å². The van der Waals surface area contributed by atoms with Crippen LogP contribution in [0.2, 0.25) is 0 Å². The zero-order valence-electron chi connectivity index (χ0n) is 21.0. The summed E-state index contributed by atoms with van der Waals surface area (Å²) in [6.45, 7) is 3.69. The molecule has 0 radical (unpaired) electrons. The van der Waals surface area contributed by atoms with Gasteiger partial charge in [0.25, 0.3) is 0 Å². The molecule has 0 spiro atoms. The minimum Gasteiger partial charge on any atom is -0.481 e. The van der Waals surface area contributed by atoms with Crippen molar-refractivity contribution in [3.05, 3.63) is 36.1 Å². The Morgan fingerprint density at radius 3 is 2.11 bits per heavy atom. The van der Waals surface area contributed by atoms with E-state index in [1.54, 1.807) is 24.3 Å². The quantitative estimate of drug-likeness (QED) is 0.191. The number of Topliss-reactive ketones (excluding diaryl/α,β-unsaturated/α-hetero) is 2. The number of hydrogen-bond donors (Lipinski definition) is 4. The lowest BCUT2D eigenvalue weighted by Gasteiger charge is -2.14. The largest absolute Gasteiger partial charge is 0.481 e. The highest BCUT2D eigenvalue weighted by Gasteiger charge is 2.24. The summed E-state index contributed by atoms with van der Waals surface area (Å²) in [4.78, 5) is 58.8. The molecular formula is C26H29N3O9. The number of hydrogen-bond acceptors (Lipinski definition) is 9. The number of carboxylic acid groups (broad SMARTS) is 1. The van der Waals surface area contributed by atoms with Gasteiger partial charge in [-0.1, -0.05) is 24.3 Å². The van der Waals surface area contributed by atoms with Crippen molar-refractivity contribution in [1.82, 2.24) is 16.0 Å². The van der Waals surface area contributed by atoms with Crippen LogP contribution in [0.5, 0.6) is 11.5 Å². The molecule has 0 aliphatic carbocycles. The molecule has 1 aromatic heterocycles. The van der Waals surface area contributed by atoms with Crippen LogP contribution in [0.1, 0.15) is 43.7 Å².